The summed E-state index contributed by atoms with van der Waals surface area (Å²) in [4.78, 5) is 2.14. The highest BCUT2D eigenvalue weighted by Gasteiger charge is 2.19. The lowest BCUT2D eigenvalue weighted by atomic mass is 9.93. The maximum Gasteiger partial charge on any atom is 0.167 e. The molecule has 0 unspecified atom stereocenters. The number of hydrogen-bond donors (Lipinski definition) is 2. The van der Waals surface area contributed by atoms with E-state index in [-0.39, 0.29) is 17.3 Å². The number of nitrogen functional groups attached to an aromatic ring is 1. The van der Waals surface area contributed by atoms with Crippen LogP contribution in [0.1, 0.15) is 27.7 Å². The molecule has 0 atom stereocenters. The van der Waals surface area contributed by atoms with Crippen LogP contribution in [0, 0.1) is 11.2 Å². The lowest BCUT2D eigenvalue weighted by Crippen LogP contribution is -2.34. The van der Waals surface area contributed by atoms with Gasteiger partial charge in [0.05, 0.1) is 17.5 Å². The molecule has 0 radical (unpaired) electrons. The first-order chi connectivity index (χ1) is 9.60. The average molecular weight is 297 g/mol. The largest absolute Gasteiger partial charge is 0.488 e. The van der Waals surface area contributed by atoms with Gasteiger partial charge in [0.1, 0.15) is 0 Å². The molecule has 3 N–H and O–H groups in total. The molecular formula is C16H28FN3O. The molecule has 0 saturated heterocycles. The van der Waals surface area contributed by atoms with Gasteiger partial charge in [0, 0.05) is 25.2 Å². The average Bonchev–Trinajstić information content (AvgIpc) is 2.29. The Labute approximate surface area is 127 Å². The van der Waals surface area contributed by atoms with Crippen molar-refractivity contribution in [3.05, 3.63) is 17.9 Å². The molecule has 0 spiro atoms. The Balaban J connectivity index is 2.83. The zero-order chi connectivity index (χ0) is 16.2. The Bertz CT molecular complexity index is 473. The van der Waals surface area contributed by atoms with Crippen LogP contribution in [-0.2, 0) is 0 Å². The summed E-state index contributed by atoms with van der Waals surface area (Å²) < 4.78 is 19.3. The summed E-state index contributed by atoms with van der Waals surface area (Å²) in [7, 11) is 4.09. The number of halogens is 1. The van der Waals surface area contributed by atoms with Crippen molar-refractivity contribution in [3.8, 4) is 5.75 Å². The maximum absolute atomic E-state index is 13.8. The van der Waals surface area contributed by atoms with E-state index in [1.54, 1.807) is 6.07 Å². The van der Waals surface area contributed by atoms with Crippen LogP contribution in [0.3, 0.4) is 0 Å². The van der Waals surface area contributed by atoms with Crippen LogP contribution in [0.15, 0.2) is 12.1 Å². The van der Waals surface area contributed by atoms with Crippen LogP contribution < -0.4 is 15.8 Å². The monoisotopic (exact) mass is 297 g/mol. The van der Waals surface area contributed by atoms with Gasteiger partial charge >= 0.3 is 0 Å². The van der Waals surface area contributed by atoms with Crippen molar-refractivity contribution >= 4 is 11.4 Å². The molecule has 1 aromatic carbocycles. The van der Waals surface area contributed by atoms with E-state index in [9.17, 15) is 4.39 Å². The van der Waals surface area contributed by atoms with Gasteiger partial charge in [-0.3, -0.25) is 0 Å². The van der Waals surface area contributed by atoms with Crippen molar-refractivity contribution in [2.24, 2.45) is 5.41 Å². The lowest BCUT2D eigenvalue weighted by Gasteiger charge is -2.29. The summed E-state index contributed by atoms with van der Waals surface area (Å²) >= 11 is 0. The molecule has 0 amide bonds. The lowest BCUT2D eigenvalue weighted by molar-refractivity contribution is 0.231. The third-order valence-corrected chi connectivity index (χ3v) is 2.97. The van der Waals surface area contributed by atoms with Gasteiger partial charge in [0.15, 0.2) is 11.6 Å². The highest BCUT2D eigenvalue weighted by Crippen LogP contribution is 2.30. The van der Waals surface area contributed by atoms with E-state index < -0.39 is 5.82 Å². The van der Waals surface area contributed by atoms with E-state index >= 15 is 0 Å². The number of ether oxygens (including phenoxy) is 1. The Morgan fingerprint density at radius 1 is 1.33 bits per heavy atom. The molecule has 0 aromatic heterocycles. The van der Waals surface area contributed by atoms with Crippen LogP contribution in [-0.4, -0.2) is 38.2 Å². The second-order valence-corrected chi connectivity index (χ2v) is 6.79. The van der Waals surface area contributed by atoms with E-state index in [0.717, 1.165) is 13.1 Å². The fraction of sp³-hybridized carbons (Fsp3) is 0.625. The van der Waals surface area contributed by atoms with Crippen molar-refractivity contribution in [1.82, 2.24) is 4.90 Å². The van der Waals surface area contributed by atoms with Crippen molar-refractivity contribution < 1.29 is 9.13 Å². The van der Waals surface area contributed by atoms with Crippen molar-refractivity contribution in [2.75, 3.05) is 38.2 Å². The molecule has 0 fully saturated rings. The standard InChI is InChI=1S/C16H28FN3O/c1-11(2)21-15-8-14(13(18)7-12(15)17)19-9-16(3,4)10-20(5)6/h7-8,11,19H,9-10,18H2,1-6H3. The number of nitrogens with two attached hydrogens (primary N) is 1. The Hall–Kier alpha value is -1.49. The van der Waals surface area contributed by atoms with Crippen LogP contribution in [0.5, 0.6) is 5.75 Å². The second kappa shape index (κ2) is 6.98. The zero-order valence-electron chi connectivity index (χ0n) is 14.0. The fourth-order valence-electron chi connectivity index (χ4n) is 2.31. The minimum atomic E-state index is -0.431. The highest BCUT2D eigenvalue weighted by molar-refractivity contribution is 5.68. The zero-order valence-corrected chi connectivity index (χ0v) is 14.0. The molecule has 1 aromatic rings. The maximum atomic E-state index is 13.8. The smallest absolute Gasteiger partial charge is 0.167 e. The van der Waals surface area contributed by atoms with Crippen molar-refractivity contribution in [1.29, 1.82) is 0 Å². The summed E-state index contributed by atoms with van der Waals surface area (Å²) in [6, 6.07) is 2.94. The molecule has 0 aliphatic rings. The molecule has 0 aliphatic heterocycles. The molecule has 5 heteroatoms. The van der Waals surface area contributed by atoms with Gasteiger partial charge < -0.3 is 20.7 Å². The molecule has 0 aliphatic carbocycles. The van der Waals surface area contributed by atoms with Gasteiger partial charge in [-0.2, -0.15) is 0 Å². The van der Waals surface area contributed by atoms with Crippen LogP contribution in [0.25, 0.3) is 0 Å². The number of anilines is 2. The van der Waals surface area contributed by atoms with Crippen LogP contribution in [0.4, 0.5) is 15.8 Å². The third kappa shape index (κ3) is 5.79. The third-order valence-electron chi connectivity index (χ3n) is 2.97. The molecule has 120 valence electrons. The van der Waals surface area contributed by atoms with Crippen LogP contribution in [0.2, 0.25) is 0 Å². The number of nitrogens with one attached hydrogen (secondary N) is 1. The summed E-state index contributed by atoms with van der Waals surface area (Å²) in [5, 5.41) is 3.30. The Morgan fingerprint density at radius 3 is 2.48 bits per heavy atom. The second-order valence-electron chi connectivity index (χ2n) is 6.79. The molecule has 0 bridgehead atoms. The first-order valence-electron chi connectivity index (χ1n) is 7.25. The molecule has 4 nitrogen and oxygen atoms in total. The fourth-order valence-corrected chi connectivity index (χ4v) is 2.31. The summed E-state index contributed by atoms with van der Waals surface area (Å²) in [5.41, 5.74) is 7.06. The number of benzene rings is 1. The molecule has 0 saturated carbocycles. The van der Waals surface area contributed by atoms with Gasteiger partial charge in [0.2, 0.25) is 0 Å². The predicted molar refractivity (Wildman–Crippen MR) is 87.4 cm³/mol. The van der Waals surface area contributed by atoms with Gasteiger partial charge in [-0.05, 0) is 33.4 Å². The van der Waals surface area contributed by atoms with E-state index in [0.29, 0.717) is 11.4 Å². The number of hydrogen-bond acceptors (Lipinski definition) is 4. The van der Waals surface area contributed by atoms with Gasteiger partial charge in [-0.1, -0.05) is 13.8 Å². The molecule has 1 rings (SSSR count). The molecular weight excluding hydrogens is 269 g/mol. The minimum absolute atomic E-state index is 0.0728. The van der Waals surface area contributed by atoms with E-state index in [1.165, 1.54) is 6.07 Å². The van der Waals surface area contributed by atoms with E-state index in [2.05, 4.69) is 24.1 Å². The van der Waals surface area contributed by atoms with Crippen molar-refractivity contribution in [2.45, 2.75) is 33.8 Å². The predicted octanol–water partition coefficient (Wildman–Crippen LogP) is 3.19. The number of nitrogens with zero attached hydrogens (tertiary/aromatic N) is 1. The topological polar surface area (TPSA) is 50.5 Å². The van der Waals surface area contributed by atoms with Gasteiger partial charge in [0.25, 0.3) is 0 Å². The first-order valence-corrected chi connectivity index (χ1v) is 7.25. The SMILES string of the molecule is CC(C)Oc1cc(NCC(C)(C)CN(C)C)c(N)cc1F. The minimum Gasteiger partial charge on any atom is -0.488 e. The summed E-state index contributed by atoms with van der Waals surface area (Å²) in [6.07, 6.45) is -0.0823. The highest BCUT2D eigenvalue weighted by atomic mass is 19.1. The molecule has 0 heterocycles. The normalized spacial score (nSPS) is 12.0. The van der Waals surface area contributed by atoms with E-state index in [4.69, 9.17) is 10.5 Å². The Morgan fingerprint density at radius 2 is 1.95 bits per heavy atom. The Kier molecular flexibility index (Phi) is 5.84. The summed E-state index contributed by atoms with van der Waals surface area (Å²) in [6.45, 7) is 9.75. The van der Waals surface area contributed by atoms with E-state index in [1.807, 2.05) is 27.9 Å². The quantitative estimate of drug-likeness (QED) is 0.759. The van der Waals surface area contributed by atoms with Crippen molar-refractivity contribution in [3.63, 3.8) is 0 Å². The van der Waals surface area contributed by atoms with Gasteiger partial charge in [-0.15, -0.1) is 0 Å². The summed E-state index contributed by atoms with van der Waals surface area (Å²) in [5.74, 6) is -0.202. The first kappa shape index (κ1) is 17.6. The molecule has 21 heavy (non-hydrogen) atoms. The van der Waals surface area contributed by atoms with Gasteiger partial charge in [-0.25, -0.2) is 4.39 Å². The number of rotatable bonds is 7. The van der Waals surface area contributed by atoms with Crippen LogP contribution >= 0.6 is 0 Å².